The molecule has 8 rings (SSSR count). The van der Waals surface area contributed by atoms with Gasteiger partial charge >= 0.3 is 5.97 Å². The number of nitrogens with two attached hydrogens (primary N) is 1. The smallest absolute Gasteiger partial charge is 0.302 e. The lowest BCUT2D eigenvalue weighted by Crippen LogP contribution is -2.33. The molecule has 53 heavy (non-hydrogen) atoms. The number of fused-ring (bicyclic) bond motifs is 6. The molecule has 3 aliphatic carbocycles. The lowest BCUT2D eigenvalue weighted by Gasteiger charge is -2.39. The van der Waals surface area contributed by atoms with E-state index in [9.17, 15) is 15.0 Å². The van der Waals surface area contributed by atoms with Crippen LogP contribution in [0.1, 0.15) is 92.6 Å². The lowest BCUT2D eigenvalue weighted by molar-refractivity contribution is -0.141. The predicted molar refractivity (Wildman–Crippen MR) is 202 cm³/mol. The number of hydrogen-bond donors (Lipinski definition) is 5. The Bertz CT molecular complexity index is 1930. The largest absolute Gasteiger partial charge is 0.508 e. The fraction of sp³-hybridized carbons (Fsp3) is 0.465. The molecular formula is C43H51N3O7. The van der Waals surface area contributed by atoms with Crippen LogP contribution in [-0.2, 0) is 21.4 Å². The van der Waals surface area contributed by atoms with Gasteiger partial charge in [0.1, 0.15) is 36.6 Å². The van der Waals surface area contributed by atoms with E-state index < -0.39 is 6.10 Å². The highest BCUT2D eigenvalue weighted by Crippen LogP contribution is 2.62. The minimum Gasteiger partial charge on any atom is -0.508 e. The van der Waals surface area contributed by atoms with Crippen LogP contribution in [0.15, 0.2) is 66.4 Å². The van der Waals surface area contributed by atoms with Gasteiger partial charge in [0.05, 0.1) is 19.2 Å². The van der Waals surface area contributed by atoms with Crippen LogP contribution in [0.2, 0.25) is 0 Å². The van der Waals surface area contributed by atoms with Gasteiger partial charge in [-0.05, 0) is 97.4 Å². The Labute approximate surface area is 311 Å². The van der Waals surface area contributed by atoms with Crippen LogP contribution >= 0.6 is 0 Å². The van der Waals surface area contributed by atoms with Gasteiger partial charge < -0.3 is 45.5 Å². The third-order valence-corrected chi connectivity index (χ3v) is 12.1. The molecule has 2 fully saturated rings. The van der Waals surface area contributed by atoms with Crippen molar-refractivity contribution >= 4 is 5.97 Å². The SMILES string of the molecule is COc1cc(O)cc2c1-c1ccc3c(c1[C@@]1(CC[C@@H](CC4=CNC(N)C=C4)C1)C2)O[C@H](c1ccc(O)c(OCCNC2CCCC2)c1)[C@H]3COC(C)=O. The number of esters is 1. The summed E-state index contributed by atoms with van der Waals surface area (Å²) in [5.41, 5.74) is 13.1. The zero-order chi connectivity index (χ0) is 36.7. The molecule has 280 valence electrons. The van der Waals surface area contributed by atoms with Crippen LogP contribution in [0.25, 0.3) is 11.1 Å². The summed E-state index contributed by atoms with van der Waals surface area (Å²) in [5.74, 6) is 1.90. The molecule has 1 unspecified atom stereocenters. The number of allylic oxidation sites excluding steroid dienone is 2. The maximum atomic E-state index is 12.2. The molecule has 5 aliphatic rings. The molecular weight excluding hydrogens is 670 g/mol. The second-order valence-electron chi connectivity index (χ2n) is 15.6. The summed E-state index contributed by atoms with van der Waals surface area (Å²) in [6.07, 6.45) is 15.0. The zero-order valence-corrected chi connectivity index (χ0v) is 30.7. The highest BCUT2D eigenvalue weighted by molar-refractivity contribution is 5.84. The van der Waals surface area contributed by atoms with Crippen molar-refractivity contribution in [2.75, 3.05) is 26.9 Å². The molecule has 10 heteroatoms. The number of carbonyl (C=O) groups is 1. The average Bonchev–Trinajstić information content (AvgIpc) is 3.90. The number of phenols is 2. The van der Waals surface area contributed by atoms with Crippen molar-refractivity contribution in [3.8, 4) is 39.9 Å². The molecule has 0 saturated heterocycles. The number of methoxy groups -OCH3 is 1. The highest BCUT2D eigenvalue weighted by Gasteiger charge is 2.50. The van der Waals surface area contributed by atoms with E-state index in [4.69, 9.17) is 24.7 Å². The number of hydrogen-bond acceptors (Lipinski definition) is 10. The van der Waals surface area contributed by atoms with Crippen LogP contribution in [0.3, 0.4) is 0 Å². The number of rotatable bonds is 11. The van der Waals surface area contributed by atoms with Gasteiger partial charge in [-0.3, -0.25) is 4.79 Å². The van der Waals surface area contributed by atoms with Gasteiger partial charge in [-0.1, -0.05) is 37.1 Å². The Balaban J connectivity index is 1.16. The van der Waals surface area contributed by atoms with E-state index in [1.54, 1.807) is 19.2 Å². The second kappa shape index (κ2) is 14.6. The normalized spacial score (nSPS) is 25.6. The van der Waals surface area contributed by atoms with Gasteiger partial charge in [0, 0.05) is 53.9 Å². The van der Waals surface area contributed by atoms with E-state index in [1.165, 1.54) is 38.2 Å². The third-order valence-electron chi connectivity index (χ3n) is 12.1. The first-order chi connectivity index (χ1) is 25.7. The standard InChI is InChI=1S/C43H51N3O7/c1-25(47)52-24-34-32-9-10-33-39-29(18-31(48)20-37(39)50-2)22-43(14-13-26(21-43)17-27-7-12-38(44)46-23-27)40(33)42(32)53-41(34)28-8-11-35(49)36(19-28)51-16-15-45-30-5-3-4-6-30/h7-12,18-20,23,26,30,34,38,41,45-46,48-49H,3-6,13-17,21-22,24,44H2,1-2H3/t26-,34-,38?,41+,43+/m0/s1. The first-order valence-electron chi connectivity index (χ1n) is 19.2. The molecule has 3 aromatic rings. The Kier molecular flexibility index (Phi) is 9.76. The van der Waals surface area contributed by atoms with Gasteiger partial charge in [0.2, 0.25) is 0 Å². The fourth-order valence-electron chi connectivity index (χ4n) is 9.70. The third kappa shape index (κ3) is 6.95. The minimum atomic E-state index is -0.486. The molecule has 6 N–H and O–H groups in total. The first kappa shape index (κ1) is 35.4. The first-order valence-corrected chi connectivity index (χ1v) is 19.2. The molecule has 10 nitrogen and oxygen atoms in total. The number of dihydropyridines is 1. The summed E-state index contributed by atoms with van der Waals surface area (Å²) < 4.78 is 24.9. The van der Waals surface area contributed by atoms with Gasteiger partial charge in [0.25, 0.3) is 0 Å². The van der Waals surface area contributed by atoms with Gasteiger partial charge in [-0.15, -0.1) is 0 Å². The van der Waals surface area contributed by atoms with Gasteiger partial charge in [-0.25, -0.2) is 0 Å². The number of ether oxygens (including phenoxy) is 4. The van der Waals surface area contributed by atoms with Gasteiger partial charge in [0.15, 0.2) is 11.5 Å². The lowest BCUT2D eigenvalue weighted by atomic mass is 9.65. The Morgan fingerprint density at radius 3 is 2.72 bits per heavy atom. The molecule has 0 aromatic heterocycles. The number of benzene rings is 3. The molecule has 0 bridgehead atoms. The molecule has 3 aromatic carbocycles. The molecule has 2 heterocycles. The molecule has 0 amide bonds. The van der Waals surface area contributed by atoms with Crippen LogP contribution < -0.4 is 30.6 Å². The molecule has 2 aliphatic heterocycles. The van der Waals surface area contributed by atoms with Crippen molar-refractivity contribution in [3.63, 3.8) is 0 Å². The summed E-state index contributed by atoms with van der Waals surface area (Å²) in [7, 11) is 1.64. The Morgan fingerprint density at radius 2 is 1.94 bits per heavy atom. The predicted octanol–water partition coefficient (Wildman–Crippen LogP) is 6.78. The van der Waals surface area contributed by atoms with E-state index in [-0.39, 0.29) is 41.6 Å². The van der Waals surface area contributed by atoms with E-state index in [0.29, 0.717) is 36.6 Å². The minimum absolute atomic E-state index is 0.0713. The quantitative estimate of drug-likeness (QED) is 0.106. The fourth-order valence-corrected chi connectivity index (χ4v) is 9.70. The molecule has 0 radical (unpaired) electrons. The summed E-state index contributed by atoms with van der Waals surface area (Å²) in [5, 5.41) is 28.4. The van der Waals surface area contributed by atoms with E-state index in [2.05, 4.69) is 28.8 Å². The van der Waals surface area contributed by atoms with Gasteiger partial charge in [-0.2, -0.15) is 0 Å². The van der Waals surface area contributed by atoms with Crippen LogP contribution in [0, 0.1) is 5.92 Å². The second-order valence-corrected chi connectivity index (χ2v) is 15.6. The zero-order valence-electron chi connectivity index (χ0n) is 30.7. The van der Waals surface area contributed by atoms with Crippen molar-refractivity contribution in [1.29, 1.82) is 0 Å². The Morgan fingerprint density at radius 1 is 1.09 bits per heavy atom. The molecule has 1 spiro atoms. The van der Waals surface area contributed by atoms with Crippen LogP contribution in [-0.4, -0.2) is 55.3 Å². The molecule has 5 atom stereocenters. The van der Waals surface area contributed by atoms with Crippen molar-refractivity contribution in [3.05, 3.63) is 88.6 Å². The maximum absolute atomic E-state index is 12.2. The van der Waals surface area contributed by atoms with Crippen LogP contribution in [0.5, 0.6) is 28.7 Å². The Hall–Kier alpha value is -4.67. The summed E-state index contributed by atoms with van der Waals surface area (Å²) in [6.45, 7) is 2.70. The maximum Gasteiger partial charge on any atom is 0.302 e. The monoisotopic (exact) mass is 721 g/mol. The number of carbonyl (C=O) groups excluding carboxylic acids is 1. The molecule has 2 saturated carbocycles. The van der Waals surface area contributed by atoms with E-state index >= 15 is 0 Å². The number of aromatic hydroxyl groups is 2. The van der Waals surface area contributed by atoms with Crippen molar-refractivity contribution in [2.24, 2.45) is 11.7 Å². The van der Waals surface area contributed by atoms with Crippen molar-refractivity contribution < 1.29 is 34.0 Å². The van der Waals surface area contributed by atoms with Crippen LogP contribution in [0.4, 0.5) is 0 Å². The summed E-state index contributed by atoms with van der Waals surface area (Å²) in [4.78, 5) is 12.2. The van der Waals surface area contributed by atoms with E-state index in [1.807, 2.05) is 30.5 Å². The summed E-state index contributed by atoms with van der Waals surface area (Å²) >= 11 is 0. The number of nitrogens with one attached hydrogen (secondary N) is 2. The summed E-state index contributed by atoms with van der Waals surface area (Å²) in [6, 6.07) is 13.8. The average molecular weight is 722 g/mol. The van der Waals surface area contributed by atoms with Crippen molar-refractivity contribution in [1.82, 2.24) is 10.6 Å². The number of phenolic OH excluding ortho intramolecular Hbond substituents is 2. The van der Waals surface area contributed by atoms with E-state index in [0.717, 1.165) is 71.2 Å². The van der Waals surface area contributed by atoms with Crippen molar-refractivity contribution in [2.45, 2.75) is 94.4 Å². The topological polar surface area (TPSA) is 145 Å². The highest BCUT2D eigenvalue weighted by atomic mass is 16.5.